The first-order valence-electron chi connectivity index (χ1n) is 9.84. The largest absolute Gasteiger partial charge is 0.508 e. The number of benzene rings is 3. The van der Waals surface area contributed by atoms with E-state index < -0.39 is 0 Å². The summed E-state index contributed by atoms with van der Waals surface area (Å²) in [4.78, 5) is 0. The smallest absolute Gasteiger partial charge is 0.115 e. The summed E-state index contributed by atoms with van der Waals surface area (Å²) >= 11 is 0. The van der Waals surface area contributed by atoms with Crippen molar-refractivity contribution in [3.63, 3.8) is 0 Å². The molecule has 0 radical (unpaired) electrons. The number of aromatic hydroxyl groups is 1. The average molecular weight is 357 g/mol. The van der Waals surface area contributed by atoms with Crippen molar-refractivity contribution in [1.29, 1.82) is 0 Å². The fourth-order valence-corrected chi connectivity index (χ4v) is 4.04. The molecule has 138 valence electrons. The van der Waals surface area contributed by atoms with Gasteiger partial charge in [0.2, 0.25) is 0 Å². The lowest BCUT2D eigenvalue weighted by atomic mass is 9.85. The fourth-order valence-electron chi connectivity index (χ4n) is 4.04. The van der Waals surface area contributed by atoms with Crippen molar-refractivity contribution >= 4 is 0 Å². The van der Waals surface area contributed by atoms with Crippen LogP contribution in [0.15, 0.2) is 54.6 Å². The van der Waals surface area contributed by atoms with Crippen LogP contribution in [0.2, 0.25) is 0 Å². The summed E-state index contributed by atoms with van der Waals surface area (Å²) in [5, 5.41) is 9.70. The van der Waals surface area contributed by atoms with Crippen LogP contribution in [-0.4, -0.2) is 5.11 Å². The number of hydrogen-bond donors (Lipinski definition) is 1. The number of fused-ring (bicyclic) bond motifs is 3. The Hall–Kier alpha value is -2.54. The second-order valence-corrected chi connectivity index (χ2v) is 9.10. The van der Waals surface area contributed by atoms with Gasteiger partial charge >= 0.3 is 0 Å². The molecule has 0 atom stereocenters. The van der Waals surface area contributed by atoms with E-state index in [-0.39, 0.29) is 5.41 Å². The van der Waals surface area contributed by atoms with Crippen LogP contribution in [0.25, 0.3) is 22.3 Å². The minimum absolute atomic E-state index is 0.159. The molecule has 0 unspecified atom stereocenters. The van der Waals surface area contributed by atoms with Crippen LogP contribution in [-0.2, 0) is 11.8 Å². The first-order valence-corrected chi connectivity index (χ1v) is 9.84. The molecule has 0 aromatic heterocycles. The minimum Gasteiger partial charge on any atom is -0.508 e. The van der Waals surface area contributed by atoms with Crippen LogP contribution in [0.1, 0.15) is 62.8 Å². The third kappa shape index (κ3) is 3.16. The third-order valence-electron chi connectivity index (χ3n) is 5.71. The molecule has 1 nitrogen and oxygen atoms in total. The van der Waals surface area contributed by atoms with E-state index in [9.17, 15) is 5.11 Å². The lowest BCUT2D eigenvalue weighted by Crippen LogP contribution is -2.11. The van der Waals surface area contributed by atoms with E-state index in [0.717, 1.165) is 6.42 Å². The highest BCUT2D eigenvalue weighted by Crippen LogP contribution is 2.45. The van der Waals surface area contributed by atoms with E-state index in [0.29, 0.717) is 11.7 Å². The summed E-state index contributed by atoms with van der Waals surface area (Å²) in [5.41, 5.74) is 10.9. The van der Waals surface area contributed by atoms with E-state index in [4.69, 9.17) is 0 Å². The highest BCUT2D eigenvalue weighted by molar-refractivity contribution is 5.91. The van der Waals surface area contributed by atoms with Gasteiger partial charge in [-0.25, -0.2) is 0 Å². The predicted molar refractivity (Wildman–Crippen MR) is 115 cm³/mol. The Morgan fingerprint density at radius 1 is 0.815 bits per heavy atom. The Balaban J connectivity index is 1.93. The molecular weight excluding hydrogens is 328 g/mol. The van der Waals surface area contributed by atoms with Gasteiger partial charge in [0.15, 0.2) is 0 Å². The molecule has 1 aliphatic rings. The molecule has 3 aromatic carbocycles. The molecule has 0 spiro atoms. The van der Waals surface area contributed by atoms with Gasteiger partial charge in [-0.3, -0.25) is 0 Å². The summed E-state index contributed by atoms with van der Waals surface area (Å²) in [5.74, 6) is 0.797. The Morgan fingerprint density at radius 3 is 2.15 bits per heavy atom. The molecule has 4 rings (SSSR count). The molecular formula is C26H28O. The summed E-state index contributed by atoms with van der Waals surface area (Å²) < 4.78 is 0. The van der Waals surface area contributed by atoms with E-state index in [1.165, 1.54) is 44.5 Å². The van der Waals surface area contributed by atoms with Gasteiger partial charge in [-0.15, -0.1) is 0 Å². The van der Waals surface area contributed by atoms with Crippen molar-refractivity contribution in [2.24, 2.45) is 0 Å². The van der Waals surface area contributed by atoms with Crippen LogP contribution in [0.4, 0.5) is 0 Å². The predicted octanol–water partition coefficient (Wildman–Crippen LogP) is 7.05. The average Bonchev–Trinajstić information content (AvgIpc) is 2.98. The lowest BCUT2D eigenvalue weighted by Gasteiger charge is -2.20. The molecule has 1 heteroatoms. The van der Waals surface area contributed by atoms with E-state index in [1.807, 2.05) is 12.1 Å². The van der Waals surface area contributed by atoms with Crippen LogP contribution >= 0.6 is 0 Å². The number of hydrogen-bond acceptors (Lipinski definition) is 1. The highest BCUT2D eigenvalue weighted by Gasteiger charge is 2.25. The topological polar surface area (TPSA) is 20.2 Å². The highest BCUT2D eigenvalue weighted by atomic mass is 16.3. The summed E-state index contributed by atoms with van der Waals surface area (Å²) in [6.07, 6.45) is 1.00. The van der Waals surface area contributed by atoms with Gasteiger partial charge in [0.25, 0.3) is 0 Å². The number of rotatable bonds is 2. The standard InChI is InChI=1S/C26H28O/c1-16(2)18-12-20-13-19-14-21(26(3,4)5)8-11-23(19)25(20)24(15-18)17-6-9-22(27)10-7-17/h6-12,14-16,27H,13H2,1-5H3. The summed E-state index contributed by atoms with van der Waals surface area (Å²) in [6, 6.07) is 19.3. The van der Waals surface area contributed by atoms with Gasteiger partial charge in [-0.2, -0.15) is 0 Å². The quantitative estimate of drug-likeness (QED) is 0.408. The minimum atomic E-state index is 0.159. The summed E-state index contributed by atoms with van der Waals surface area (Å²) in [6.45, 7) is 11.3. The molecule has 0 aliphatic heterocycles. The molecule has 1 N–H and O–H groups in total. The maximum atomic E-state index is 9.70. The molecule has 1 aliphatic carbocycles. The van der Waals surface area contributed by atoms with Gasteiger partial charge in [0.1, 0.15) is 5.75 Å². The molecule has 0 amide bonds. The number of phenolic OH excluding ortho intramolecular Hbond substituents is 1. The molecule has 0 bridgehead atoms. The van der Waals surface area contributed by atoms with Crippen LogP contribution in [0, 0.1) is 0 Å². The molecule has 0 heterocycles. The van der Waals surface area contributed by atoms with Crippen molar-refractivity contribution in [3.8, 4) is 28.0 Å². The molecule has 27 heavy (non-hydrogen) atoms. The normalized spacial score (nSPS) is 13.0. The van der Waals surface area contributed by atoms with Crippen LogP contribution in [0.3, 0.4) is 0 Å². The Bertz CT molecular complexity index is 1000. The van der Waals surface area contributed by atoms with Crippen LogP contribution in [0.5, 0.6) is 5.75 Å². The zero-order chi connectivity index (χ0) is 19.3. The maximum absolute atomic E-state index is 9.70. The Morgan fingerprint density at radius 2 is 1.52 bits per heavy atom. The van der Waals surface area contributed by atoms with Crippen molar-refractivity contribution in [1.82, 2.24) is 0 Å². The zero-order valence-corrected chi connectivity index (χ0v) is 16.9. The SMILES string of the molecule is CC(C)c1cc2c(c(-c3ccc(O)cc3)c1)-c1ccc(C(C)(C)C)cc1C2. The van der Waals surface area contributed by atoms with E-state index >= 15 is 0 Å². The molecule has 0 fully saturated rings. The first-order chi connectivity index (χ1) is 12.7. The van der Waals surface area contributed by atoms with E-state index in [1.54, 1.807) is 12.1 Å². The maximum Gasteiger partial charge on any atom is 0.115 e. The third-order valence-corrected chi connectivity index (χ3v) is 5.71. The second-order valence-electron chi connectivity index (χ2n) is 9.10. The molecule has 3 aromatic rings. The van der Waals surface area contributed by atoms with Gasteiger partial charge in [-0.05, 0) is 74.4 Å². The Kier molecular flexibility index (Phi) is 4.14. The van der Waals surface area contributed by atoms with Gasteiger partial charge in [0.05, 0.1) is 0 Å². The van der Waals surface area contributed by atoms with Crippen molar-refractivity contribution in [3.05, 3.63) is 76.9 Å². The molecule has 0 saturated carbocycles. The van der Waals surface area contributed by atoms with Crippen molar-refractivity contribution < 1.29 is 5.11 Å². The second kappa shape index (κ2) is 6.27. The van der Waals surface area contributed by atoms with Crippen molar-refractivity contribution in [2.75, 3.05) is 0 Å². The van der Waals surface area contributed by atoms with Gasteiger partial charge < -0.3 is 5.11 Å². The molecule has 0 saturated heterocycles. The summed E-state index contributed by atoms with van der Waals surface area (Å²) in [7, 11) is 0. The lowest BCUT2D eigenvalue weighted by molar-refractivity contribution is 0.475. The van der Waals surface area contributed by atoms with Crippen molar-refractivity contribution in [2.45, 2.75) is 52.4 Å². The monoisotopic (exact) mass is 356 g/mol. The zero-order valence-electron chi connectivity index (χ0n) is 16.9. The van der Waals surface area contributed by atoms with E-state index in [2.05, 4.69) is 65.0 Å². The fraction of sp³-hybridized carbons (Fsp3) is 0.308. The van der Waals surface area contributed by atoms with Crippen LogP contribution < -0.4 is 0 Å². The van der Waals surface area contributed by atoms with Gasteiger partial charge in [0, 0.05) is 0 Å². The van der Waals surface area contributed by atoms with Gasteiger partial charge in [-0.1, -0.05) is 77.1 Å². The first kappa shape index (κ1) is 17.9. The number of phenols is 1. The Labute approximate surface area is 162 Å².